The van der Waals surface area contributed by atoms with Crippen molar-refractivity contribution in [1.82, 2.24) is 24.6 Å². The third-order valence-electron chi connectivity index (χ3n) is 4.11. The highest BCUT2D eigenvalue weighted by Crippen LogP contribution is 2.22. The van der Waals surface area contributed by atoms with E-state index in [4.69, 9.17) is 0 Å². The predicted octanol–water partition coefficient (Wildman–Crippen LogP) is 1.51. The topological polar surface area (TPSA) is 62.5 Å². The minimum Gasteiger partial charge on any atom is -0.333 e. The Morgan fingerprint density at radius 2 is 2.43 bits per heavy atom. The predicted molar refractivity (Wildman–Crippen MR) is 88.3 cm³/mol. The summed E-state index contributed by atoms with van der Waals surface area (Å²) in [7, 11) is 0. The highest BCUT2D eigenvalue weighted by molar-refractivity contribution is 7.15. The number of carbonyl (C=O) groups is 1. The molecule has 0 saturated carbocycles. The minimum atomic E-state index is 0.0358. The molecule has 1 unspecified atom stereocenters. The van der Waals surface area contributed by atoms with Crippen molar-refractivity contribution in [2.45, 2.75) is 12.5 Å². The van der Waals surface area contributed by atoms with Gasteiger partial charge >= 0.3 is 0 Å². The molecule has 1 amide bonds. The number of rotatable bonds is 3. The Labute approximate surface area is 137 Å². The van der Waals surface area contributed by atoms with Gasteiger partial charge in [-0.25, -0.2) is 4.98 Å². The standard InChI is InChI=1S/C16H17N5OS/c22-15(8-13-11-20-6-7-23-16(20)19-13)21-5-4-18-10-14(21)12-2-1-3-17-9-12/h1-3,6-7,9,11,14,18H,4-5,8,10H2. The molecule has 1 aliphatic rings. The molecule has 0 aromatic carbocycles. The van der Waals surface area contributed by atoms with Gasteiger partial charge in [-0.15, -0.1) is 11.3 Å². The van der Waals surface area contributed by atoms with Crippen LogP contribution >= 0.6 is 11.3 Å². The zero-order valence-electron chi connectivity index (χ0n) is 12.6. The molecule has 0 aliphatic carbocycles. The third kappa shape index (κ3) is 2.85. The molecule has 3 aromatic heterocycles. The van der Waals surface area contributed by atoms with Gasteiger partial charge in [0.2, 0.25) is 5.91 Å². The Kier molecular flexibility index (Phi) is 3.80. The quantitative estimate of drug-likeness (QED) is 0.792. The van der Waals surface area contributed by atoms with E-state index in [1.165, 1.54) is 0 Å². The summed E-state index contributed by atoms with van der Waals surface area (Å²) >= 11 is 1.58. The van der Waals surface area contributed by atoms with Gasteiger partial charge in [0.1, 0.15) is 0 Å². The lowest BCUT2D eigenvalue weighted by Gasteiger charge is -2.36. The lowest BCUT2D eigenvalue weighted by atomic mass is 10.0. The summed E-state index contributed by atoms with van der Waals surface area (Å²) in [6.45, 7) is 2.29. The average molecular weight is 327 g/mol. The number of hydrogen-bond acceptors (Lipinski definition) is 5. The first-order valence-electron chi connectivity index (χ1n) is 7.62. The highest BCUT2D eigenvalue weighted by Gasteiger charge is 2.28. The Hall–Kier alpha value is -2.25. The van der Waals surface area contributed by atoms with E-state index in [1.54, 1.807) is 17.5 Å². The van der Waals surface area contributed by atoms with Crippen molar-refractivity contribution >= 4 is 22.2 Å². The fourth-order valence-electron chi connectivity index (χ4n) is 2.99. The van der Waals surface area contributed by atoms with Crippen LogP contribution in [0.3, 0.4) is 0 Å². The molecule has 0 radical (unpaired) electrons. The molecule has 0 bridgehead atoms. The molecule has 118 valence electrons. The van der Waals surface area contributed by atoms with Crippen LogP contribution in [0, 0.1) is 0 Å². The van der Waals surface area contributed by atoms with Crippen LogP contribution < -0.4 is 5.32 Å². The first-order chi connectivity index (χ1) is 11.3. The Morgan fingerprint density at radius 1 is 1.48 bits per heavy atom. The molecule has 4 rings (SSSR count). The summed E-state index contributed by atoms with van der Waals surface area (Å²) in [6, 6.07) is 3.97. The summed E-state index contributed by atoms with van der Waals surface area (Å²) in [6.07, 6.45) is 7.83. The lowest BCUT2D eigenvalue weighted by Crippen LogP contribution is -2.49. The summed E-state index contributed by atoms with van der Waals surface area (Å²) in [5, 5.41) is 5.35. The number of nitrogens with one attached hydrogen (secondary N) is 1. The van der Waals surface area contributed by atoms with Crippen molar-refractivity contribution in [3.63, 3.8) is 0 Å². The smallest absolute Gasteiger partial charge is 0.229 e. The highest BCUT2D eigenvalue weighted by atomic mass is 32.1. The van der Waals surface area contributed by atoms with Crippen LogP contribution in [0.25, 0.3) is 4.96 Å². The minimum absolute atomic E-state index is 0.0358. The first-order valence-corrected chi connectivity index (χ1v) is 8.50. The zero-order chi connectivity index (χ0) is 15.6. The number of nitrogens with zero attached hydrogens (tertiary/aromatic N) is 4. The van der Waals surface area contributed by atoms with Crippen LogP contribution in [0.1, 0.15) is 17.3 Å². The van der Waals surface area contributed by atoms with E-state index < -0.39 is 0 Å². The van der Waals surface area contributed by atoms with E-state index in [-0.39, 0.29) is 11.9 Å². The van der Waals surface area contributed by atoms with Gasteiger partial charge in [-0.1, -0.05) is 6.07 Å². The molecule has 1 atom stereocenters. The zero-order valence-corrected chi connectivity index (χ0v) is 13.4. The maximum atomic E-state index is 12.8. The van der Waals surface area contributed by atoms with E-state index in [2.05, 4.69) is 15.3 Å². The monoisotopic (exact) mass is 327 g/mol. The Balaban J connectivity index is 1.54. The number of thiazole rings is 1. The molecule has 3 aromatic rings. The SMILES string of the molecule is O=C(Cc1cn2ccsc2n1)N1CCNCC1c1cccnc1. The maximum absolute atomic E-state index is 12.8. The molecule has 4 heterocycles. The van der Waals surface area contributed by atoms with Gasteiger partial charge in [0, 0.05) is 49.8 Å². The van der Waals surface area contributed by atoms with Crippen molar-refractivity contribution in [2.75, 3.05) is 19.6 Å². The van der Waals surface area contributed by atoms with Gasteiger partial charge < -0.3 is 10.2 Å². The van der Waals surface area contributed by atoms with E-state index in [9.17, 15) is 4.79 Å². The number of fused-ring (bicyclic) bond motifs is 1. The fraction of sp³-hybridized carbons (Fsp3) is 0.312. The average Bonchev–Trinajstić information content (AvgIpc) is 3.17. The van der Waals surface area contributed by atoms with Crippen LogP contribution in [0.15, 0.2) is 42.3 Å². The number of hydrogen-bond donors (Lipinski definition) is 1. The normalized spacial score (nSPS) is 18.4. The third-order valence-corrected chi connectivity index (χ3v) is 4.88. The van der Waals surface area contributed by atoms with Crippen molar-refractivity contribution in [3.8, 4) is 0 Å². The van der Waals surface area contributed by atoms with Crippen molar-refractivity contribution in [1.29, 1.82) is 0 Å². The van der Waals surface area contributed by atoms with E-state index in [1.807, 2.05) is 45.4 Å². The van der Waals surface area contributed by atoms with E-state index in [0.29, 0.717) is 13.0 Å². The number of carbonyl (C=O) groups excluding carboxylic acids is 1. The van der Waals surface area contributed by atoms with Gasteiger partial charge in [-0.3, -0.25) is 14.2 Å². The number of piperazine rings is 1. The van der Waals surface area contributed by atoms with Crippen molar-refractivity contribution in [3.05, 3.63) is 53.6 Å². The maximum Gasteiger partial charge on any atom is 0.229 e. The second kappa shape index (κ2) is 6.10. The molecule has 23 heavy (non-hydrogen) atoms. The second-order valence-electron chi connectivity index (χ2n) is 5.60. The molecular weight excluding hydrogens is 310 g/mol. The van der Waals surface area contributed by atoms with Crippen LogP contribution in [0.2, 0.25) is 0 Å². The van der Waals surface area contributed by atoms with Gasteiger partial charge in [0.15, 0.2) is 4.96 Å². The Morgan fingerprint density at radius 3 is 3.26 bits per heavy atom. The summed E-state index contributed by atoms with van der Waals surface area (Å²) in [5.41, 5.74) is 1.89. The molecule has 6 nitrogen and oxygen atoms in total. The molecule has 1 N–H and O–H groups in total. The van der Waals surface area contributed by atoms with Crippen LogP contribution in [0.4, 0.5) is 0 Å². The molecule has 1 fully saturated rings. The lowest BCUT2D eigenvalue weighted by molar-refractivity contribution is -0.133. The summed E-state index contributed by atoms with van der Waals surface area (Å²) in [4.78, 5) is 24.3. The largest absolute Gasteiger partial charge is 0.333 e. The Bertz CT molecular complexity index is 784. The molecule has 0 spiro atoms. The van der Waals surface area contributed by atoms with E-state index in [0.717, 1.165) is 29.3 Å². The van der Waals surface area contributed by atoms with Gasteiger partial charge in [-0.2, -0.15) is 0 Å². The number of pyridine rings is 1. The number of aromatic nitrogens is 3. The van der Waals surface area contributed by atoms with Crippen LogP contribution in [-0.4, -0.2) is 44.8 Å². The van der Waals surface area contributed by atoms with E-state index >= 15 is 0 Å². The molecular formula is C16H17N5OS. The fourth-order valence-corrected chi connectivity index (χ4v) is 3.71. The van der Waals surface area contributed by atoms with Crippen LogP contribution in [0.5, 0.6) is 0 Å². The van der Waals surface area contributed by atoms with Crippen molar-refractivity contribution in [2.24, 2.45) is 0 Å². The van der Waals surface area contributed by atoms with Gasteiger partial charge in [-0.05, 0) is 11.6 Å². The molecule has 7 heteroatoms. The summed E-state index contributed by atoms with van der Waals surface area (Å²) in [5.74, 6) is 0.117. The van der Waals surface area contributed by atoms with Crippen LogP contribution in [-0.2, 0) is 11.2 Å². The van der Waals surface area contributed by atoms with Gasteiger partial charge in [0.05, 0.1) is 18.2 Å². The van der Waals surface area contributed by atoms with Crippen molar-refractivity contribution < 1.29 is 4.79 Å². The molecule has 1 aliphatic heterocycles. The summed E-state index contributed by atoms with van der Waals surface area (Å²) < 4.78 is 1.96. The van der Waals surface area contributed by atoms with Gasteiger partial charge in [0.25, 0.3) is 0 Å². The number of amides is 1. The second-order valence-corrected chi connectivity index (χ2v) is 6.47. The molecule has 1 saturated heterocycles. The first kappa shape index (κ1) is 14.3. The number of imidazole rings is 1.